The van der Waals surface area contributed by atoms with Gasteiger partial charge in [0.15, 0.2) is 0 Å². The lowest BCUT2D eigenvalue weighted by atomic mass is 10.1. The number of ether oxygens (including phenoxy) is 1. The maximum atomic E-state index is 13.6. The van der Waals surface area contributed by atoms with E-state index in [1.54, 1.807) is 13.2 Å². The summed E-state index contributed by atoms with van der Waals surface area (Å²) >= 11 is 0. The van der Waals surface area contributed by atoms with Gasteiger partial charge in [0.05, 0.1) is 6.61 Å². The van der Waals surface area contributed by atoms with Crippen LogP contribution in [0.4, 0.5) is 4.39 Å². The Morgan fingerprint density at radius 2 is 2.29 bits per heavy atom. The molecule has 0 bridgehead atoms. The zero-order valence-corrected chi connectivity index (χ0v) is 10.5. The number of benzene rings is 1. The first-order chi connectivity index (χ1) is 8.22. The predicted molar refractivity (Wildman–Crippen MR) is 66.7 cm³/mol. The van der Waals surface area contributed by atoms with Crippen molar-refractivity contribution in [3.05, 3.63) is 35.1 Å². The molecule has 2 atom stereocenters. The van der Waals surface area contributed by atoms with Crippen LogP contribution in [0.5, 0.6) is 0 Å². The van der Waals surface area contributed by atoms with Gasteiger partial charge in [0.25, 0.3) is 0 Å². The van der Waals surface area contributed by atoms with Gasteiger partial charge in [-0.25, -0.2) is 4.39 Å². The van der Waals surface area contributed by atoms with E-state index < -0.39 is 0 Å². The van der Waals surface area contributed by atoms with E-state index in [-0.39, 0.29) is 5.82 Å². The minimum absolute atomic E-state index is 0.0556. The lowest BCUT2D eigenvalue weighted by molar-refractivity contribution is 0.199. The molecule has 0 heterocycles. The smallest absolute Gasteiger partial charge is 0.126 e. The average Bonchev–Trinajstić information content (AvgIpc) is 3.07. The molecule has 1 aromatic rings. The molecule has 2 nitrogen and oxygen atoms in total. The van der Waals surface area contributed by atoms with Gasteiger partial charge in [-0.1, -0.05) is 17.7 Å². The van der Waals surface area contributed by atoms with Crippen molar-refractivity contribution in [3.8, 4) is 0 Å². The van der Waals surface area contributed by atoms with Gasteiger partial charge in [-0.2, -0.15) is 0 Å². The monoisotopic (exact) mass is 237 g/mol. The summed E-state index contributed by atoms with van der Waals surface area (Å²) in [7, 11) is 1.70. The van der Waals surface area contributed by atoms with Crippen molar-refractivity contribution >= 4 is 0 Å². The van der Waals surface area contributed by atoms with Crippen molar-refractivity contribution in [1.29, 1.82) is 0 Å². The molecular formula is C14H20FNO. The van der Waals surface area contributed by atoms with Crippen molar-refractivity contribution < 1.29 is 9.13 Å². The van der Waals surface area contributed by atoms with Gasteiger partial charge in [-0.15, -0.1) is 0 Å². The minimum atomic E-state index is -0.0556. The number of aryl methyl sites for hydroxylation is 1. The van der Waals surface area contributed by atoms with Gasteiger partial charge < -0.3 is 10.1 Å². The zero-order chi connectivity index (χ0) is 12.3. The Morgan fingerprint density at radius 1 is 1.47 bits per heavy atom. The first-order valence-corrected chi connectivity index (χ1v) is 6.18. The lowest BCUT2D eigenvalue weighted by Gasteiger charge is -2.05. The Morgan fingerprint density at radius 3 is 3.06 bits per heavy atom. The highest BCUT2D eigenvalue weighted by molar-refractivity contribution is 5.31. The van der Waals surface area contributed by atoms with Gasteiger partial charge in [-0.3, -0.25) is 0 Å². The van der Waals surface area contributed by atoms with E-state index in [0.717, 1.165) is 37.2 Å². The number of methoxy groups -OCH3 is 1. The fraction of sp³-hybridized carbons (Fsp3) is 0.571. The zero-order valence-electron chi connectivity index (χ0n) is 10.5. The summed E-state index contributed by atoms with van der Waals surface area (Å²) in [5.74, 6) is 0.938. The van der Waals surface area contributed by atoms with Crippen LogP contribution in [0.15, 0.2) is 18.2 Å². The van der Waals surface area contributed by atoms with E-state index in [2.05, 4.69) is 5.32 Å². The normalized spacial score (nSPS) is 22.8. The Hall–Kier alpha value is -0.930. The van der Waals surface area contributed by atoms with E-state index in [9.17, 15) is 4.39 Å². The minimum Gasteiger partial charge on any atom is -0.383 e. The van der Waals surface area contributed by atoms with Gasteiger partial charge in [0.1, 0.15) is 5.82 Å². The topological polar surface area (TPSA) is 21.3 Å². The van der Waals surface area contributed by atoms with Crippen molar-refractivity contribution in [1.82, 2.24) is 5.32 Å². The third-order valence-electron chi connectivity index (χ3n) is 3.36. The van der Waals surface area contributed by atoms with Crippen LogP contribution in [0, 0.1) is 18.7 Å². The Labute approximate surface area is 102 Å². The summed E-state index contributed by atoms with van der Waals surface area (Å²) in [6.45, 7) is 4.57. The molecule has 0 amide bonds. The lowest BCUT2D eigenvalue weighted by Crippen LogP contribution is -2.21. The van der Waals surface area contributed by atoms with Crippen LogP contribution < -0.4 is 5.32 Å². The van der Waals surface area contributed by atoms with E-state index >= 15 is 0 Å². The highest BCUT2D eigenvalue weighted by atomic mass is 19.1. The van der Waals surface area contributed by atoms with Crippen LogP contribution in [0.2, 0.25) is 0 Å². The van der Waals surface area contributed by atoms with Gasteiger partial charge in [0, 0.05) is 13.7 Å². The first-order valence-electron chi connectivity index (χ1n) is 6.18. The number of rotatable bonds is 6. The molecule has 3 heteroatoms. The van der Waals surface area contributed by atoms with Crippen LogP contribution in [-0.2, 0) is 4.74 Å². The second-order valence-corrected chi connectivity index (χ2v) is 4.82. The van der Waals surface area contributed by atoms with Gasteiger partial charge >= 0.3 is 0 Å². The fourth-order valence-electron chi connectivity index (χ4n) is 2.26. The number of halogens is 1. The number of hydrogen-bond acceptors (Lipinski definition) is 2. The largest absolute Gasteiger partial charge is 0.383 e. The molecule has 0 saturated heterocycles. The molecule has 0 radical (unpaired) electrons. The van der Waals surface area contributed by atoms with Crippen LogP contribution in [-0.4, -0.2) is 26.8 Å². The van der Waals surface area contributed by atoms with Crippen LogP contribution in [0.1, 0.15) is 23.5 Å². The molecule has 0 spiro atoms. The third-order valence-corrected chi connectivity index (χ3v) is 3.36. The molecule has 1 aromatic carbocycles. The summed E-state index contributed by atoms with van der Waals surface area (Å²) in [6, 6.07) is 5.39. The van der Waals surface area contributed by atoms with Crippen LogP contribution in [0.25, 0.3) is 0 Å². The van der Waals surface area contributed by atoms with E-state index in [1.165, 1.54) is 0 Å². The summed E-state index contributed by atoms with van der Waals surface area (Å²) in [4.78, 5) is 0. The quantitative estimate of drug-likeness (QED) is 0.767. The highest BCUT2D eigenvalue weighted by Gasteiger charge is 2.39. The number of hydrogen-bond donors (Lipinski definition) is 1. The maximum Gasteiger partial charge on any atom is 0.126 e. The summed E-state index contributed by atoms with van der Waals surface area (Å²) in [5, 5.41) is 3.33. The number of nitrogens with one attached hydrogen (secondary N) is 1. The molecule has 0 aliphatic heterocycles. The van der Waals surface area contributed by atoms with Gasteiger partial charge in [0.2, 0.25) is 0 Å². The summed E-state index contributed by atoms with van der Waals surface area (Å²) in [5.41, 5.74) is 2.03. The summed E-state index contributed by atoms with van der Waals surface area (Å²) in [6.07, 6.45) is 1.10. The molecule has 1 fully saturated rings. The molecule has 94 valence electrons. The van der Waals surface area contributed by atoms with Gasteiger partial charge in [-0.05, 0) is 43.4 Å². The van der Waals surface area contributed by atoms with Crippen molar-refractivity contribution in [3.63, 3.8) is 0 Å². The van der Waals surface area contributed by atoms with Crippen LogP contribution in [0.3, 0.4) is 0 Å². The molecular weight excluding hydrogens is 217 g/mol. The molecule has 2 rings (SSSR count). The maximum absolute atomic E-state index is 13.6. The highest BCUT2D eigenvalue weighted by Crippen LogP contribution is 2.47. The van der Waals surface area contributed by atoms with Crippen molar-refractivity contribution in [2.45, 2.75) is 19.3 Å². The second-order valence-electron chi connectivity index (χ2n) is 4.82. The Kier molecular flexibility index (Phi) is 4.13. The standard InChI is InChI=1S/C14H20FNO/c1-10-3-4-14(15)13(7-10)12-8-11(12)9-16-5-6-17-2/h3-4,7,11-12,16H,5-6,8-9H2,1-2H3. The average molecular weight is 237 g/mol. The predicted octanol–water partition coefficient (Wildman–Crippen LogP) is 2.47. The molecule has 1 N–H and O–H groups in total. The van der Waals surface area contributed by atoms with Crippen LogP contribution >= 0.6 is 0 Å². The third kappa shape index (κ3) is 3.27. The molecule has 0 aromatic heterocycles. The van der Waals surface area contributed by atoms with E-state index in [0.29, 0.717) is 11.8 Å². The Bertz CT molecular complexity index is 380. The SMILES string of the molecule is COCCNCC1CC1c1cc(C)ccc1F. The molecule has 17 heavy (non-hydrogen) atoms. The molecule has 1 aliphatic carbocycles. The van der Waals surface area contributed by atoms with E-state index in [4.69, 9.17) is 4.74 Å². The summed E-state index contributed by atoms with van der Waals surface area (Å²) < 4.78 is 18.6. The Balaban J connectivity index is 1.83. The molecule has 2 unspecified atom stereocenters. The van der Waals surface area contributed by atoms with E-state index in [1.807, 2.05) is 19.1 Å². The molecule has 1 saturated carbocycles. The first kappa shape index (κ1) is 12.5. The van der Waals surface area contributed by atoms with Crippen molar-refractivity contribution in [2.75, 3.05) is 26.8 Å². The van der Waals surface area contributed by atoms with Crippen molar-refractivity contribution in [2.24, 2.45) is 5.92 Å². The fourth-order valence-corrected chi connectivity index (χ4v) is 2.26. The molecule has 1 aliphatic rings. The second kappa shape index (κ2) is 5.61.